The maximum Gasteiger partial charge on any atom is 0.196 e. The predicted molar refractivity (Wildman–Crippen MR) is 74.5 cm³/mol. The van der Waals surface area contributed by atoms with E-state index in [0.717, 1.165) is 6.07 Å². The second-order valence-electron chi connectivity index (χ2n) is 4.71. The van der Waals surface area contributed by atoms with Crippen LogP contribution in [0.2, 0.25) is 0 Å². The lowest BCUT2D eigenvalue weighted by molar-refractivity contribution is 0.486. The number of benzene rings is 2. The summed E-state index contributed by atoms with van der Waals surface area (Å²) in [5.74, 6) is -2.90. The summed E-state index contributed by atoms with van der Waals surface area (Å²) in [6.07, 6.45) is 0. The zero-order valence-corrected chi connectivity index (χ0v) is 10.9. The number of hydrogen-bond donors (Lipinski definition) is 1. The van der Waals surface area contributed by atoms with Crippen LogP contribution in [-0.2, 0) is 0 Å². The van der Waals surface area contributed by atoms with Gasteiger partial charge in [-0.15, -0.1) is 0 Å². The number of nitrogens with two attached hydrogens (primary N) is 1. The lowest BCUT2D eigenvalue weighted by Crippen LogP contribution is -2.36. The highest BCUT2D eigenvalue weighted by Crippen LogP contribution is 2.33. The lowest BCUT2D eigenvalue weighted by Gasteiger charge is -2.27. The van der Waals surface area contributed by atoms with Crippen LogP contribution >= 0.6 is 0 Å². The van der Waals surface area contributed by atoms with Crippen molar-refractivity contribution in [2.45, 2.75) is 6.04 Å². The van der Waals surface area contributed by atoms with Gasteiger partial charge in [0, 0.05) is 17.3 Å². The van der Waals surface area contributed by atoms with Crippen LogP contribution in [0.25, 0.3) is 0 Å². The Morgan fingerprint density at radius 3 is 2.38 bits per heavy atom. The monoisotopic (exact) mass is 291 g/mol. The molecule has 0 spiro atoms. The first-order chi connectivity index (χ1) is 10.1. The highest BCUT2D eigenvalue weighted by molar-refractivity contribution is 5.97. The van der Waals surface area contributed by atoms with Gasteiger partial charge in [-0.25, -0.2) is 13.2 Å². The molecule has 0 aromatic heterocycles. The molecule has 1 atom stereocenters. The van der Waals surface area contributed by atoms with E-state index in [9.17, 15) is 13.2 Å². The van der Waals surface area contributed by atoms with Gasteiger partial charge in [0.15, 0.2) is 17.6 Å². The first-order valence-electron chi connectivity index (χ1n) is 6.36. The van der Waals surface area contributed by atoms with Crippen LogP contribution in [-0.4, -0.2) is 12.5 Å². The molecule has 1 unspecified atom stereocenters. The van der Waals surface area contributed by atoms with Gasteiger partial charge in [-0.05, 0) is 18.2 Å². The Morgan fingerprint density at radius 1 is 1.00 bits per heavy atom. The summed E-state index contributed by atoms with van der Waals surface area (Å²) >= 11 is 0. The fourth-order valence-electron chi connectivity index (χ4n) is 2.43. The lowest BCUT2D eigenvalue weighted by atomic mass is 10.0. The van der Waals surface area contributed by atoms with Gasteiger partial charge < -0.3 is 10.6 Å². The number of guanidine groups is 1. The first kappa shape index (κ1) is 13.5. The van der Waals surface area contributed by atoms with E-state index < -0.39 is 23.5 Å². The van der Waals surface area contributed by atoms with Gasteiger partial charge >= 0.3 is 0 Å². The zero-order valence-electron chi connectivity index (χ0n) is 10.9. The summed E-state index contributed by atoms with van der Waals surface area (Å²) < 4.78 is 40.4. The minimum Gasteiger partial charge on any atom is -0.369 e. The van der Waals surface area contributed by atoms with Crippen LogP contribution in [0.5, 0.6) is 0 Å². The second-order valence-corrected chi connectivity index (χ2v) is 4.71. The van der Waals surface area contributed by atoms with E-state index in [4.69, 9.17) is 5.73 Å². The molecule has 2 N–H and O–H groups in total. The highest BCUT2D eigenvalue weighted by atomic mass is 19.2. The Labute approximate surface area is 119 Å². The van der Waals surface area contributed by atoms with Crippen LogP contribution < -0.4 is 10.6 Å². The van der Waals surface area contributed by atoms with E-state index in [1.54, 1.807) is 29.2 Å². The normalized spacial score (nSPS) is 18.0. The van der Waals surface area contributed by atoms with Crippen molar-refractivity contribution in [1.82, 2.24) is 0 Å². The van der Waals surface area contributed by atoms with E-state index in [1.807, 2.05) is 6.07 Å². The maximum atomic E-state index is 14.0. The van der Waals surface area contributed by atoms with Crippen LogP contribution in [0, 0.1) is 17.5 Å². The van der Waals surface area contributed by atoms with Gasteiger partial charge in [0.2, 0.25) is 0 Å². The predicted octanol–water partition coefficient (Wildman–Crippen LogP) is 2.98. The SMILES string of the molecule is NC1=NCC(c2cc(F)c(F)cc2F)N1c1ccccc1. The number of nitrogens with zero attached hydrogens (tertiary/aromatic N) is 2. The summed E-state index contributed by atoms with van der Waals surface area (Å²) in [6, 6.07) is 9.83. The number of rotatable bonds is 2. The smallest absolute Gasteiger partial charge is 0.196 e. The molecular formula is C15H12F3N3. The van der Waals surface area contributed by atoms with Gasteiger partial charge in [-0.1, -0.05) is 18.2 Å². The van der Waals surface area contributed by atoms with Crippen molar-refractivity contribution in [2.75, 3.05) is 11.4 Å². The molecule has 0 bridgehead atoms. The van der Waals surface area contributed by atoms with Crippen molar-refractivity contribution in [3.8, 4) is 0 Å². The fraction of sp³-hybridized carbons (Fsp3) is 0.133. The minimum atomic E-state index is -1.21. The number of hydrogen-bond acceptors (Lipinski definition) is 3. The summed E-state index contributed by atoms with van der Waals surface area (Å²) in [4.78, 5) is 5.69. The van der Waals surface area contributed by atoms with Crippen molar-refractivity contribution in [3.63, 3.8) is 0 Å². The topological polar surface area (TPSA) is 41.6 Å². The Bertz CT molecular complexity index is 701. The van der Waals surface area contributed by atoms with Gasteiger partial charge in [0.25, 0.3) is 0 Å². The fourth-order valence-corrected chi connectivity index (χ4v) is 2.43. The summed E-state index contributed by atoms with van der Waals surface area (Å²) in [5, 5.41) is 0. The first-order valence-corrected chi connectivity index (χ1v) is 6.36. The molecule has 0 radical (unpaired) electrons. The zero-order chi connectivity index (χ0) is 15.0. The van der Waals surface area contributed by atoms with E-state index >= 15 is 0 Å². The Hall–Kier alpha value is -2.50. The van der Waals surface area contributed by atoms with Crippen LogP contribution in [0.4, 0.5) is 18.9 Å². The van der Waals surface area contributed by atoms with E-state index in [2.05, 4.69) is 4.99 Å². The average molecular weight is 291 g/mol. The molecule has 0 fully saturated rings. The van der Waals surface area contributed by atoms with Crippen molar-refractivity contribution in [3.05, 3.63) is 65.5 Å². The number of anilines is 1. The molecule has 3 rings (SSSR count). The third kappa shape index (κ3) is 2.33. The standard InChI is InChI=1S/C15H12F3N3/c16-11-7-13(18)12(17)6-10(11)14-8-20-15(19)21(14)9-4-2-1-3-5-9/h1-7,14H,8H2,(H2,19,20). The molecule has 1 heterocycles. The van der Waals surface area contributed by atoms with Gasteiger partial charge in [-0.2, -0.15) is 0 Å². The van der Waals surface area contributed by atoms with Crippen LogP contribution in [0.1, 0.15) is 11.6 Å². The Kier molecular flexibility index (Phi) is 3.29. The molecule has 0 saturated heterocycles. The maximum absolute atomic E-state index is 14.0. The molecule has 0 saturated carbocycles. The Morgan fingerprint density at radius 2 is 1.67 bits per heavy atom. The summed E-state index contributed by atoms with van der Waals surface area (Å²) in [5.41, 5.74) is 6.59. The van der Waals surface area contributed by atoms with Crippen molar-refractivity contribution in [2.24, 2.45) is 10.7 Å². The van der Waals surface area contributed by atoms with E-state index in [0.29, 0.717) is 11.8 Å². The van der Waals surface area contributed by atoms with Gasteiger partial charge in [-0.3, -0.25) is 4.99 Å². The highest BCUT2D eigenvalue weighted by Gasteiger charge is 2.31. The number of para-hydroxylation sites is 1. The third-order valence-electron chi connectivity index (χ3n) is 3.42. The molecule has 21 heavy (non-hydrogen) atoms. The molecular weight excluding hydrogens is 279 g/mol. The molecule has 1 aliphatic rings. The molecule has 2 aromatic rings. The van der Waals surface area contributed by atoms with Crippen molar-refractivity contribution in [1.29, 1.82) is 0 Å². The van der Waals surface area contributed by atoms with Gasteiger partial charge in [0.05, 0.1) is 12.6 Å². The molecule has 2 aromatic carbocycles. The van der Waals surface area contributed by atoms with Gasteiger partial charge in [0.1, 0.15) is 5.82 Å². The van der Waals surface area contributed by atoms with Crippen molar-refractivity contribution >= 4 is 11.6 Å². The summed E-state index contributed by atoms with van der Waals surface area (Å²) in [7, 11) is 0. The van der Waals surface area contributed by atoms with Crippen LogP contribution in [0.15, 0.2) is 47.5 Å². The van der Waals surface area contributed by atoms with E-state index in [1.165, 1.54) is 0 Å². The quantitative estimate of drug-likeness (QED) is 0.864. The number of halogens is 3. The van der Waals surface area contributed by atoms with E-state index in [-0.39, 0.29) is 18.1 Å². The number of aliphatic imine (C=N–C) groups is 1. The minimum absolute atomic E-state index is 0.0296. The van der Waals surface area contributed by atoms with Crippen LogP contribution in [0.3, 0.4) is 0 Å². The molecule has 0 aliphatic carbocycles. The molecule has 6 heteroatoms. The second kappa shape index (κ2) is 5.12. The molecule has 3 nitrogen and oxygen atoms in total. The largest absolute Gasteiger partial charge is 0.369 e. The average Bonchev–Trinajstić information content (AvgIpc) is 2.85. The molecule has 108 valence electrons. The Balaban J connectivity index is 2.05. The third-order valence-corrected chi connectivity index (χ3v) is 3.42. The molecule has 0 amide bonds. The molecule has 1 aliphatic heterocycles. The summed E-state index contributed by atoms with van der Waals surface area (Å²) in [6.45, 7) is 0.183. The van der Waals surface area contributed by atoms with Crippen molar-refractivity contribution < 1.29 is 13.2 Å².